The molecule has 0 aliphatic carbocycles. The molecule has 0 spiro atoms. The summed E-state index contributed by atoms with van der Waals surface area (Å²) in [5.74, 6) is 1.56. The molecule has 1 heterocycles. The molecule has 0 aromatic heterocycles. The van der Waals surface area contributed by atoms with E-state index in [-0.39, 0.29) is 5.37 Å². The Morgan fingerprint density at radius 3 is 2.35 bits per heavy atom. The fourth-order valence-electron chi connectivity index (χ4n) is 2.58. The first kappa shape index (κ1) is 16.4. The summed E-state index contributed by atoms with van der Waals surface area (Å²) >= 11 is 1.65. The molecule has 0 bridgehead atoms. The van der Waals surface area contributed by atoms with Crippen molar-refractivity contribution < 1.29 is 13.2 Å². The summed E-state index contributed by atoms with van der Waals surface area (Å²) in [6.07, 6.45) is 0. The van der Waals surface area contributed by atoms with E-state index in [4.69, 9.17) is 4.74 Å². The molecule has 6 heteroatoms. The topological polar surface area (TPSA) is 46.6 Å². The van der Waals surface area contributed by atoms with Crippen LogP contribution in [0.1, 0.15) is 16.5 Å². The highest BCUT2D eigenvalue weighted by Gasteiger charge is 2.36. The number of hydrogen-bond donors (Lipinski definition) is 0. The average Bonchev–Trinajstić information content (AvgIpc) is 3.06. The molecule has 2 aromatic rings. The molecule has 4 nitrogen and oxygen atoms in total. The quantitative estimate of drug-likeness (QED) is 0.848. The number of aryl methyl sites for hydroxylation is 1. The van der Waals surface area contributed by atoms with Crippen LogP contribution in [0, 0.1) is 6.92 Å². The molecule has 23 heavy (non-hydrogen) atoms. The molecule has 0 amide bonds. The lowest BCUT2D eigenvalue weighted by Gasteiger charge is -2.23. The maximum absolute atomic E-state index is 12.9. The highest BCUT2D eigenvalue weighted by atomic mass is 32.2. The van der Waals surface area contributed by atoms with E-state index < -0.39 is 10.0 Å². The van der Waals surface area contributed by atoms with E-state index in [0.29, 0.717) is 11.4 Å². The molecule has 1 aliphatic rings. The number of thioether (sulfide) groups is 1. The lowest BCUT2D eigenvalue weighted by Crippen LogP contribution is -2.30. The number of benzene rings is 2. The minimum Gasteiger partial charge on any atom is -0.497 e. The summed E-state index contributed by atoms with van der Waals surface area (Å²) in [6.45, 7) is 2.47. The van der Waals surface area contributed by atoms with Crippen LogP contribution in [-0.4, -0.2) is 32.1 Å². The Hall–Kier alpha value is -1.50. The van der Waals surface area contributed by atoms with Gasteiger partial charge in [-0.2, -0.15) is 4.31 Å². The minimum absolute atomic E-state index is 0.188. The summed E-state index contributed by atoms with van der Waals surface area (Å²) in [6, 6.07) is 14.6. The van der Waals surface area contributed by atoms with Gasteiger partial charge in [0.2, 0.25) is 10.0 Å². The zero-order valence-electron chi connectivity index (χ0n) is 13.1. The van der Waals surface area contributed by atoms with Gasteiger partial charge < -0.3 is 4.74 Å². The van der Waals surface area contributed by atoms with Crippen LogP contribution in [-0.2, 0) is 10.0 Å². The van der Waals surface area contributed by atoms with Gasteiger partial charge in [0.15, 0.2) is 0 Å². The number of sulfonamides is 1. The van der Waals surface area contributed by atoms with Gasteiger partial charge in [-0.1, -0.05) is 29.8 Å². The highest BCUT2D eigenvalue weighted by Crippen LogP contribution is 2.41. The van der Waals surface area contributed by atoms with Crippen LogP contribution < -0.4 is 4.74 Å². The minimum atomic E-state index is -3.49. The number of methoxy groups -OCH3 is 1. The molecule has 1 atom stereocenters. The van der Waals surface area contributed by atoms with Crippen molar-refractivity contribution in [1.29, 1.82) is 0 Å². The van der Waals surface area contributed by atoms with Crippen LogP contribution in [0.3, 0.4) is 0 Å². The second-order valence-corrected chi connectivity index (χ2v) is 8.50. The van der Waals surface area contributed by atoms with Crippen molar-refractivity contribution in [3.63, 3.8) is 0 Å². The molecular weight excluding hydrogens is 330 g/mol. The standard InChI is InChI=1S/C17H19NO3S2/c1-13-3-9-16(10-4-13)23(19,20)18-11-12-22-17(18)14-5-7-15(21-2)8-6-14/h3-10,17H,11-12H2,1-2H3. The molecule has 1 aliphatic heterocycles. The fourth-order valence-corrected chi connectivity index (χ4v) is 5.82. The average molecular weight is 349 g/mol. The molecule has 2 aromatic carbocycles. The smallest absolute Gasteiger partial charge is 0.244 e. The Kier molecular flexibility index (Phi) is 4.66. The van der Waals surface area contributed by atoms with Crippen molar-refractivity contribution >= 4 is 21.8 Å². The molecular formula is C17H19NO3S2. The van der Waals surface area contributed by atoms with Crippen molar-refractivity contribution in [2.24, 2.45) is 0 Å². The van der Waals surface area contributed by atoms with E-state index in [1.54, 1.807) is 35.3 Å². The fraction of sp³-hybridized carbons (Fsp3) is 0.294. The molecule has 0 N–H and O–H groups in total. The molecule has 3 rings (SSSR count). The monoisotopic (exact) mass is 349 g/mol. The summed E-state index contributed by atoms with van der Waals surface area (Å²) in [5.41, 5.74) is 2.02. The normalized spacial score (nSPS) is 19.0. The molecule has 0 radical (unpaired) electrons. The second-order valence-electron chi connectivity index (χ2n) is 5.43. The molecule has 1 fully saturated rings. The van der Waals surface area contributed by atoms with Gasteiger partial charge in [0.1, 0.15) is 5.75 Å². The first-order valence-corrected chi connectivity index (χ1v) is 9.85. The van der Waals surface area contributed by atoms with Crippen molar-refractivity contribution in [2.75, 3.05) is 19.4 Å². The maximum Gasteiger partial charge on any atom is 0.244 e. The van der Waals surface area contributed by atoms with Crippen LogP contribution in [0.4, 0.5) is 0 Å². The SMILES string of the molecule is COc1ccc(C2SCCN2S(=O)(=O)c2ccc(C)cc2)cc1. The van der Waals surface area contributed by atoms with Gasteiger partial charge in [0, 0.05) is 12.3 Å². The molecule has 1 unspecified atom stereocenters. The van der Waals surface area contributed by atoms with Gasteiger partial charge >= 0.3 is 0 Å². The Morgan fingerprint density at radius 2 is 1.74 bits per heavy atom. The predicted octanol–water partition coefficient (Wildman–Crippen LogP) is 3.44. The Labute approximate surface area is 141 Å². The Balaban J connectivity index is 1.92. The van der Waals surface area contributed by atoms with Gasteiger partial charge in [-0.05, 0) is 36.8 Å². The van der Waals surface area contributed by atoms with E-state index >= 15 is 0 Å². The Bertz CT molecular complexity index is 770. The Morgan fingerprint density at radius 1 is 1.09 bits per heavy atom. The second kappa shape index (κ2) is 6.55. The predicted molar refractivity (Wildman–Crippen MR) is 93.3 cm³/mol. The van der Waals surface area contributed by atoms with Crippen LogP contribution in [0.2, 0.25) is 0 Å². The third-order valence-electron chi connectivity index (χ3n) is 3.88. The van der Waals surface area contributed by atoms with Crippen LogP contribution in [0.15, 0.2) is 53.4 Å². The third kappa shape index (κ3) is 3.24. The van der Waals surface area contributed by atoms with Crippen LogP contribution in [0.5, 0.6) is 5.75 Å². The number of nitrogens with zero attached hydrogens (tertiary/aromatic N) is 1. The lowest BCUT2D eigenvalue weighted by atomic mass is 10.2. The number of rotatable bonds is 4. The van der Waals surface area contributed by atoms with Gasteiger partial charge in [-0.3, -0.25) is 0 Å². The highest BCUT2D eigenvalue weighted by molar-refractivity contribution is 8.01. The van der Waals surface area contributed by atoms with Gasteiger partial charge in [0.05, 0.1) is 17.4 Å². The van der Waals surface area contributed by atoms with E-state index in [9.17, 15) is 8.42 Å². The summed E-state index contributed by atoms with van der Waals surface area (Å²) < 4.78 is 32.6. The molecule has 1 saturated heterocycles. The number of hydrogen-bond acceptors (Lipinski definition) is 4. The summed E-state index contributed by atoms with van der Waals surface area (Å²) in [7, 11) is -1.87. The zero-order valence-corrected chi connectivity index (χ0v) is 14.7. The zero-order chi connectivity index (χ0) is 16.4. The van der Waals surface area contributed by atoms with Gasteiger partial charge in [-0.25, -0.2) is 8.42 Å². The number of ether oxygens (including phenoxy) is 1. The molecule has 122 valence electrons. The van der Waals surface area contributed by atoms with E-state index in [1.165, 1.54) is 0 Å². The van der Waals surface area contributed by atoms with Gasteiger partial charge in [0.25, 0.3) is 0 Å². The summed E-state index contributed by atoms with van der Waals surface area (Å²) in [4.78, 5) is 0.351. The van der Waals surface area contributed by atoms with Crippen LogP contribution >= 0.6 is 11.8 Å². The van der Waals surface area contributed by atoms with E-state index in [1.807, 2.05) is 43.3 Å². The summed E-state index contributed by atoms with van der Waals surface area (Å²) in [5, 5.41) is -0.188. The molecule has 0 saturated carbocycles. The third-order valence-corrected chi connectivity index (χ3v) is 7.15. The van der Waals surface area contributed by atoms with Crippen LogP contribution in [0.25, 0.3) is 0 Å². The maximum atomic E-state index is 12.9. The lowest BCUT2D eigenvalue weighted by molar-refractivity contribution is 0.413. The van der Waals surface area contributed by atoms with Crippen molar-refractivity contribution in [3.8, 4) is 5.75 Å². The van der Waals surface area contributed by atoms with E-state index in [0.717, 1.165) is 22.6 Å². The first-order valence-electron chi connectivity index (χ1n) is 7.36. The van der Waals surface area contributed by atoms with Gasteiger partial charge in [-0.15, -0.1) is 11.8 Å². The first-order chi connectivity index (χ1) is 11.0. The van der Waals surface area contributed by atoms with E-state index in [2.05, 4.69) is 0 Å². The largest absolute Gasteiger partial charge is 0.497 e. The van der Waals surface area contributed by atoms with Crippen molar-refractivity contribution in [1.82, 2.24) is 4.31 Å². The van der Waals surface area contributed by atoms with Crippen molar-refractivity contribution in [3.05, 3.63) is 59.7 Å². The van der Waals surface area contributed by atoms with Crippen molar-refractivity contribution in [2.45, 2.75) is 17.2 Å².